The molecule has 3 heterocycles. The van der Waals surface area contributed by atoms with Crippen molar-refractivity contribution in [2.45, 2.75) is 90.3 Å². The van der Waals surface area contributed by atoms with E-state index < -0.39 is 35.6 Å². The first kappa shape index (κ1) is 39.7. The Balaban J connectivity index is 1.11. The highest BCUT2D eigenvalue weighted by molar-refractivity contribution is 5.99. The molecule has 1 aliphatic carbocycles. The van der Waals surface area contributed by atoms with Gasteiger partial charge in [-0.3, -0.25) is 39.2 Å². The smallest absolute Gasteiger partial charge is 0.407 e. The molecule has 0 bridgehead atoms. The lowest BCUT2D eigenvalue weighted by atomic mass is 9.81. The number of hydrogen-bond acceptors (Lipinski definition) is 8. The zero-order valence-corrected chi connectivity index (χ0v) is 32.2. The van der Waals surface area contributed by atoms with E-state index in [2.05, 4.69) is 41.8 Å². The summed E-state index contributed by atoms with van der Waals surface area (Å²) < 4.78 is 5.34. The van der Waals surface area contributed by atoms with Gasteiger partial charge in [-0.05, 0) is 113 Å². The average molecular weight is 767 g/mol. The first-order chi connectivity index (χ1) is 26.7. The van der Waals surface area contributed by atoms with Crippen molar-refractivity contribution in [1.29, 1.82) is 0 Å². The number of piperidine rings is 1. The third-order valence-corrected chi connectivity index (χ3v) is 10.3. The molecular formula is C41H50N8O7. The number of aryl methyl sites for hydroxylation is 1. The number of H-pyrrole nitrogens is 2. The highest BCUT2D eigenvalue weighted by Gasteiger charge is 2.31. The summed E-state index contributed by atoms with van der Waals surface area (Å²) in [5.41, 5.74) is 3.69. The third-order valence-electron chi connectivity index (χ3n) is 10.3. The average Bonchev–Trinajstić information content (AvgIpc) is 3.53. The van der Waals surface area contributed by atoms with Crippen molar-refractivity contribution in [3.8, 4) is 11.1 Å². The molecule has 1 saturated carbocycles. The highest BCUT2D eigenvalue weighted by Crippen LogP contribution is 2.29. The first-order valence-electron chi connectivity index (χ1n) is 19.2. The number of aromatic amines is 2. The molecule has 2 aromatic carbocycles. The molecule has 1 aliphatic heterocycles. The van der Waals surface area contributed by atoms with Crippen LogP contribution in [0.15, 0.2) is 59.5 Å². The van der Waals surface area contributed by atoms with Crippen LogP contribution in [-0.2, 0) is 25.5 Å². The zero-order chi connectivity index (χ0) is 40.0. The Morgan fingerprint density at radius 1 is 0.946 bits per heavy atom. The molecule has 5 amide bonds. The number of rotatable bonds is 11. The fraction of sp³-hybridized carbons (Fsp3) is 0.439. The van der Waals surface area contributed by atoms with Crippen LogP contribution in [0.2, 0.25) is 0 Å². The van der Waals surface area contributed by atoms with Gasteiger partial charge in [0.15, 0.2) is 0 Å². The van der Waals surface area contributed by atoms with Crippen LogP contribution >= 0.6 is 0 Å². The van der Waals surface area contributed by atoms with E-state index in [4.69, 9.17) is 4.74 Å². The SMILES string of the molecule is Cc1cc(C(=O)N[C@@H]2CCCNC2=O)ncc1-c1ccc(C[C@H](NC(=O)C2CCC(CNC(=O)OC(C)(C)C)CC2)C(=O)Nc2ccc3c(=O)[nH][nH]c3c2)cc1. The van der Waals surface area contributed by atoms with E-state index in [-0.39, 0.29) is 41.3 Å². The minimum absolute atomic E-state index is 0.193. The predicted octanol–water partition coefficient (Wildman–Crippen LogP) is 4.23. The monoisotopic (exact) mass is 766 g/mol. The highest BCUT2D eigenvalue weighted by atomic mass is 16.6. The lowest BCUT2D eigenvalue weighted by Gasteiger charge is -2.29. The molecule has 0 radical (unpaired) electrons. The molecule has 7 N–H and O–H groups in total. The maximum absolute atomic E-state index is 13.8. The summed E-state index contributed by atoms with van der Waals surface area (Å²) in [6.07, 6.45) is 5.50. The molecule has 1 saturated heterocycles. The van der Waals surface area contributed by atoms with Crippen LogP contribution < -0.4 is 32.1 Å². The number of fused-ring (bicyclic) bond motifs is 1. The minimum Gasteiger partial charge on any atom is -0.444 e. The maximum atomic E-state index is 13.8. The Labute approximate surface area is 324 Å². The van der Waals surface area contributed by atoms with E-state index in [0.29, 0.717) is 48.9 Å². The normalized spacial score (nSPS) is 19.0. The Kier molecular flexibility index (Phi) is 12.2. The number of pyridine rings is 1. The number of anilines is 1. The number of nitrogens with zero attached hydrogens (tertiary/aromatic N) is 1. The fourth-order valence-corrected chi connectivity index (χ4v) is 7.19. The van der Waals surface area contributed by atoms with E-state index in [1.807, 2.05) is 52.0 Å². The van der Waals surface area contributed by atoms with Crippen LogP contribution in [-0.4, -0.2) is 75.7 Å². The maximum Gasteiger partial charge on any atom is 0.407 e. The summed E-state index contributed by atoms with van der Waals surface area (Å²) in [5, 5.41) is 20.1. The number of carbonyl (C=O) groups is 5. The van der Waals surface area contributed by atoms with Gasteiger partial charge in [-0.25, -0.2) is 4.79 Å². The molecule has 15 heteroatoms. The Hall–Kier alpha value is -5.99. The second-order valence-electron chi connectivity index (χ2n) is 15.7. The summed E-state index contributed by atoms with van der Waals surface area (Å²) in [7, 11) is 0. The van der Waals surface area contributed by atoms with Gasteiger partial charge in [-0.2, -0.15) is 0 Å². The first-order valence-corrected chi connectivity index (χ1v) is 19.2. The third kappa shape index (κ3) is 10.2. The van der Waals surface area contributed by atoms with Crippen LogP contribution in [0, 0.1) is 18.8 Å². The molecule has 6 rings (SSSR count). The molecule has 2 aliphatic rings. The molecule has 15 nitrogen and oxygen atoms in total. The quantitative estimate of drug-likeness (QED) is 0.117. The molecule has 0 spiro atoms. The number of aromatic nitrogens is 3. The number of amides is 5. The van der Waals surface area contributed by atoms with Crippen molar-refractivity contribution < 1.29 is 28.7 Å². The Bertz CT molecular complexity index is 2150. The zero-order valence-electron chi connectivity index (χ0n) is 32.2. The summed E-state index contributed by atoms with van der Waals surface area (Å²) in [4.78, 5) is 81.0. The lowest BCUT2D eigenvalue weighted by Crippen LogP contribution is -2.50. The number of ether oxygens (including phenoxy) is 1. The summed E-state index contributed by atoms with van der Waals surface area (Å²) >= 11 is 0. The molecule has 4 aromatic rings. The number of hydrogen-bond donors (Lipinski definition) is 7. The van der Waals surface area contributed by atoms with Crippen molar-refractivity contribution >= 4 is 46.3 Å². The van der Waals surface area contributed by atoms with Crippen LogP contribution in [0.1, 0.15) is 80.9 Å². The van der Waals surface area contributed by atoms with Crippen molar-refractivity contribution in [2.75, 3.05) is 18.4 Å². The Morgan fingerprint density at radius 3 is 2.39 bits per heavy atom. The largest absolute Gasteiger partial charge is 0.444 e. The van der Waals surface area contributed by atoms with Crippen LogP contribution in [0.3, 0.4) is 0 Å². The number of benzene rings is 2. The molecule has 2 fully saturated rings. The van der Waals surface area contributed by atoms with Crippen molar-refractivity contribution in [1.82, 2.24) is 36.4 Å². The van der Waals surface area contributed by atoms with Crippen molar-refractivity contribution in [2.24, 2.45) is 11.8 Å². The van der Waals surface area contributed by atoms with E-state index >= 15 is 0 Å². The number of nitrogens with one attached hydrogen (secondary N) is 7. The minimum atomic E-state index is -0.909. The van der Waals surface area contributed by atoms with E-state index in [0.717, 1.165) is 41.5 Å². The summed E-state index contributed by atoms with van der Waals surface area (Å²) in [6, 6.07) is 12.7. The molecule has 56 heavy (non-hydrogen) atoms. The summed E-state index contributed by atoms with van der Waals surface area (Å²) in [5.74, 6) is -1.28. The molecule has 2 aromatic heterocycles. The van der Waals surface area contributed by atoms with E-state index in [1.165, 1.54) is 0 Å². The predicted molar refractivity (Wildman–Crippen MR) is 211 cm³/mol. The van der Waals surface area contributed by atoms with Crippen molar-refractivity contribution in [3.63, 3.8) is 0 Å². The van der Waals surface area contributed by atoms with Gasteiger partial charge in [0, 0.05) is 42.9 Å². The van der Waals surface area contributed by atoms with Crippen LogP contribution in [0.4, 0.5) is 10.5 Å². The van der Waals surface area contributed by atoms with E-state index in [1.54, 1.807) is 30.5 Å². The van der Waals surface area contributed by atoms with Crippen LogP contribution in [0.25, 0.3) is 22.0 Å². The van der Waals surface area contributed by atoms with Crippen LogP contribution in [0.5, 0.6) is 0 Å². The van der Waals surface area contributed by atoms with Gasteiger partial charge in [-0.1, -0.05) is 24.3 Å². The molecular weight excluding hydrogens is 716 g/mol. The van der Waals surface area contributed by atoms with Crippen molar-refractivity contribution in [3.05, 3.63) is 81.9 Å². The molecule has 2 atom stereocenters. The van der Waals surface area contributed by atoms with Gasteiger partial charge in [0.05, 0.1) is 10.9 Å². The molecule has 0 unspecified atom stereocenters. The Morgan fingerprint density at radius 2 is 1.70 bits per heavy atom. The summed E-state index contributed by atoms with van der Waals surface area (Å²) in [6.45, 7) is 8.40. The van der Waals surface area contributed by atoms with Gasteiger partial charge in [0.25, 0.3) is 11.5 Å². The van der Waals surface area contributed by atoms with Gasteiger partial charge in [0.2, 0.25) is 17.7 Å². The lowest BCUT2D eigenvalue weighted by molar-refractivity contribution is -0.130. The second kappa shape index (κ2) is 17.2. The topological polar surface area (TPSA) is 216 Å². The molecule has 296 valence electrons. The van der Waals surface area contributed by atoms with Gasteiger partial charge < -0.3 is 31.3 Å². The van der Waals surface area contributed by atoms with Gasteiger partial charge in [0.1, 0.15) is 23.4 Å². The van der Waals surface area contributed by atoms with Gasteiger partial charge >= 0.3 is 6.09 Å². The fourth-order valence-electron chi connectivity index (χ4n) is 7.19. The number of alkyl carbamates (subject to hydrolysis) is 1. The van der Waals surface area contributed by atoms with Gasteiger partial charge in [-0.15, -0.1) is 0 Å². The number of carbonyl (C=O) groups excluding carboxylic acids is 5. The van der Waals surface area contributed by atoms with E-state index in [9.17, 15) is 28.8 Å². The standard InChI is InChI=1S/C41H50N8O7/c1-23-18-33(38(53)46-31-6-5-17-42-37(31)52)43-22-30(23)26-11-7-24(8-12-26)19-34(39(54)45-28-15-16-29-32(20-28)48-49-36(29)51)47-35(50)27-13-9-25(10-14-27)21-44-40(55)56-41(2,3)4/h7-8,11-12,15-16,18,20,22,25,27,31,34H,5-6,9-10,13-14,17,19,21H2,1-4H3,(H,42,52)(H,44,55)(H,45,54)(H,46,53)(H,47,50)(H2,48,49,51)/t25?,27?,31-,34+/m1/s1. The second-order valence-corrected chi connectivity index (χ2v) is 15.7.